The van der Waals surface area contributed by atoms with Crippen molar-refractivity contribution in [2.24, 2.45) is 11.7 Å². The molecular weight excluding hydrogens is 234 g/mol. The lowest BCUT2D eigenvalue weighted by Gasteiger charge is -2.15. The van der Waals surface area contributed by atoms with E-state index in [1.807, 2.05) is 13.8 Å². The van der Waals surface area contributed by atoms with Crippen LogP contribution in [0, 0.1) is 5.92 Å². The second kappa shape index (κ2) is 6.80. The summed E-state index contributed by atoms with van der Waals surface area (Å²) >= 11 is 0. The third kappa shape index (κ3) is 4.58. The smallest absolute Gasteiger partial charge is 0.255 e. The molecule has 1 atom stereocenters. The molecule has 100 valence electrons. The number of hydrogen-bond donors (Lipinski definition) is 3. The summed E-state index contributed by atoms with van der Waals surface area (Å²) in [6, 6.07) is 2.92. The van der Waals surface area contributed by atoms with E-state index < -0.39 is 11.9 Å². The minimum Gasteiger partial charge on any atom is -0.469 e. The van der Waals surface area contributed by atoms with Gasteiger partial charge in [-0.25, -0.2) is 0 Å². The molecule has 0 aromatic carbocycles. The van der Waals surface area contributed by atoms with Gasteiger partial charge in [0.1, 0.15) is 5.76 Å². The molecule has 18 heavy (non-hydrogen) atoms. The summed E-state index contributed by atoms with van der Waals surface area (Å²) in [5.41, 5.74) is 10.2. The van der Waals surface area contributed by atoms with Crippen LogP contribution in [0.4, 0.5) is 0 Å². The second-order valence-electron chi connectivity index (χ2n) is 4.39. The first kappa shape index (κ1) is 14.2. The molecule has 1 aromatic heterocycles. The minimum atomic E-state index is -0.629. The average molecular weight is 253 g/mol. The first-order valence-corrected chi connectivity index (χ1v) is 5.87. The van der Waals surface area contributed by atoms with Crippen LogP contribution in [-0.4, -0.2) is 17.9 Å². The van der Waals surface area contributed by atoms with Crippen molar-refractivity contribution in [1.29, 1.82) is 0 Å². The summed E-state index contributed by atoms with van der Waals surface area (Å²) < 4.78 is 5.09. The van der Waals surface area contributed by atoms with Crippen LogP contribution < -0.4 is 16.6 Å². The van der Waals surface area contributed by atoms with Crippen molar-refractivity contribution in [3.05, 3.63) is 24.2 Å². The predicted molar refractivity (Wildman–Crippen MR) is 66.1 cm³/mol. The summed E-state index contributed by atoms with van der Waals surface area (Å²) in [5, 5.41) is 0. The molecule has 0 spiro atoms. The molecule has 0 aliphatic rings. The highest BCUT2D eigenvalue weighted by molar-refractivity contribution is 5.85. The maximum atomic E-state index is 11.5. The Morgan fingerprint density at radius 1 is 1.39 bits per heavy atom. The van der Waals surface area contributed by atoms with Gasteiger partial charge in [-0.1, -0.05) is 13.8 Å². The van der Waals surface area contributed by atoms with Gasteiger partial charge in [0.15, 0.2) is 0 Å². The number of aryl methyl sites for hydroxylation is 1. The Bertz CT molecular complexity index is 387. The van der Waals surface area contributed by atoms with E-state index in [9.17, 15) is 9.59 Å². The molecule has 1 heterocycles. The van der Waals surface area contributed by atoms with Crippen LogP contribution in [0.15, 0.2) is 22.8 Å². The van der Waals surface area contributed by atoms with Crippen LogP contribution in [-0.2, 0) is 16.0 Å². The van der Waals surface area contributed by atoms with E-state index in [4.69, 9.17) is 10.2 Å². The van der Waals surface area contributed by atoms with Gasteiger partial charge in [-0.3, -0.25) is 20.4 Å². The fourth-order valence-electron chi connectivity index (χ4n) is 1.27. The number of carbonyl (C=O) groups excluding carboxylic acids is 2. The highest BCUT2D eigenvalue weighted by Gasteiger charge is 2.17. The molecule has 4 N–H and O–H groups in total. The van der Waals surface area contributed by atoms with Crippen LogP contribution >= 0.6 is 0 Å². The molecule has 1 rings (SSSR count). The zero-order valence-corrected chi connectivity index (χ0v) is 10.6. The lowest BCUT2D eigenvalue weighted by atomic mass is 10.1. The lowest BCUT2D eigenvalue weighted by molar-refractivity contribution is -0.130. The molecule has 0 fully saturated rings. The molecule has 2 amide bonds. The van der Waals surface area contributed by atoms with E-state index in [0.29, 0.717) is 6.42 Å². The van der Waals surface area contributed by atoms with Crippen molar-refractivity contribution in [3.63, 3.8) is 0 Å². The van der Waals surface area contributed by atoms with Crippen molar-refractivity contribution in [3.8, 4) is 0 Å². The molecule has 6 heteroatoms. The number of carbonyl (C=O) groups is 2. The van der Waals surface area contributed by atoms with E-state index in [1.165, 1.54) is 0 Å². The van der Waals surface area contributed by atoms with Gasteiger partial charge in [-0.05, 0) is 18.1 Å². The summed E-state index contributed by atoms with van der Waals surface area (Å²) in [6.45, 7) is 3.67. The van der Waals surface area contributed by atoms with Gasteiger partial charge in [0.25, 0.3) is 5.91 Å². The maximum Gasteiger partial charge on any atom is 0.255 e. The monoisotopic (exact) mass is 253 g/mol. The fraction of sp³-hybridized carbons (Fsp3) is 0.500. The Balaban J connectivity index is 2.23. The van der Waals surface area contributed by atoms with Crippen LogP contribution in [0.2, 0.25) is 0 Å². The minimum absolute atomic E-state index is 0.0185. The Morgan fingerprint density at radius 2 is 2.11 bits per heavy atom. The van der Waals surface area contributed by atoms with Gasteiger partial charge in [0.2, 0.25) is 5.91 Å². The summed E-state index contributed by atoms with van der Waals surface area (Å²) in [5.74, 6) is 0.0763. The van der Waals surface area contributed by atoms with Crippen LogP contribution in [0.25, 0.3) is 0 Å². The van der Waals surface area contributed by atoms with Crippen molar-refractivity contribution in [1.82, 2.24) is 10.9 Å². The highest BCUT2D eigenvalue weighted by Crippen LogP contribution is 2.03. The second-order valence-corrected chi connectivity index (χ2v) is 4.39. The topological polar surface area (TPSA) is 97.4 Å². The SMILES string of the molecule is CC(C)C(N)C(=O)NNC(=O)CCc1ccco1. The Hall–Kier alpha value is -1.82. The van der Waals surface area contributed by atoms with Crippen molar-refractivity contribution in [2.75, 3.05) is 0 Å². The Labute approximate surface area is 106 Å². The quantitative estimate of drug-likeness (QED) is 0.659. The molecular formula is C12H19N3O3. The molecule has 1 aromatic rings. The number of hydrogen-bond acceptors (Lipinski definition) is 4. The third-order valence-electron chi connectivity index (χ3n) is 2.52. The molecule has 0 saturated heterocycles. The largest absolute Gasteiger partial charge is 0.469 e. The Morgan fingerprint density at radius 3 is 2.67 bits per heavy atom. The van der Waals surface area contributed by atoms with Crippen molar-refractivity contribution >= 4 is 11.8 Å². The summed E-state index contributed by atoms with van der Waals surface area (Å²) in [7, 11) is 0. The van der Waals surface area contributed by atoms with E-state index >= 15 is 0 Å². The van der Waals surface area contributed by atoms with Crippen LogP contribution in [0.5, 0.6) is 0 Å². The van der Waals surface area contributed by atoms with Crippen LogP contribution in [0.3, 0.4) is 0 Å². The van der Waals surface area contributed by atoms with Gasteiger partial charge >= 0.3 is 0 Å². The van der Waals surface area contributed by atoms with Gasteiger partial charge in [-0.2, -0.15) is 0 Å². The maximum absolute atomic E-state index is 11.5. The number of amides is 2. The van der Waals surface area contributed by atoms with E-state index in [1.54, 1.807) is 18.4 Å². The molecule has 1 unspecified atom stereocenters. The number of rotatable bonds is 5. The Kier molecular flexibility index (Phi) is 5.38. The third-order valence-corrected chi connectivity index (χ3v) is 2.52. The first-order valence-electron chi connectivity index (χ1n) is 5.87. The van der Waals surface area contributed by atoms with Gasteiger partial charge in [-0.15, -0.1) is 0 Å². The van der Waals surface area contributed by atoms with Crippen molar-refractivity contribution in [2.45, 2.75) is 32.7 Å². The standard InChI is InChI=1S/C12H19N3O3/c1-8(2)11(13)12(17)15-14-10(16)6-5-9-4-3-7-18-9/h3-4,7-8,11H,5-6,13H2,1-2H3,(H,14,16)(H,15,17). The van der Waals surface area contributed by atoms with E-state index in [2.05, 4.69) is 10.9 Å². The fourth-order valence-corrected chi connectivity index (χ4v) is 1.27. The van der Waals surface area contributed by atoms with Crippen LogP contribution in [0.1, 0.15) is 26.0 Å². The zero-order chi connectivity index (χ0) is 13.5. The molecule has 6 nitrogen and oxygen atoms in total. The predicted octanol–water partition coefficient (Wildman–Crippen LogP) is 0.343. The van der Waals surface area contributed by atoms with Crippen molar-refractivity contribution < 1.29 is 14.0 Å². The number of nitrogens with two attached hydrogens (primary N) is 1. The van der Waals surface area contributed by atoms with E-state index in [0.717, 1.165) is 5.76 Å². The average Bonchev–Trinajstić information content (AvgIpc) is 2.85. The normalized spacial score (nSPS) is 12.2. The molecule has 0 bridgehead atoms. The van der Waals surface area contributed by atoms with Gasteiger partial charge in [0, 0.05) is 12.8 Å². The van der Waals surface area contributed by atoms with Gasteiger partial charge < -0.3 is 10.2 Å². The summed E-state index contributed by atoms with van der Waals surface area (Å²) in [4.78, 5) is 22.9. The molecule has 0 saturated carbocycles. The number of furan rings is 1. The lowest BCUT2D eigenvalue weighted by Crippen LogP contribution is -2.51. The molecule has 0 aliphatic carbocycles. The van der Waals surface area contributed by atoms with E-state index in [-0.39, 0.29) is 18.2 Å². The number of hydrazine groups is 1. The highest BCUT2D eigenvalue weighted by atomic mass is 16.3. The number of nitrogens with one attached hydrogen (secondary N) is 2. The van der Waals surface area contributed by atoms with Gasteiger partial charge in [0.05, 0.1) is 12.3 Å². The zero-order valence-electron chi connectivity index (χ0n) is 10.6. The molecule has 0 radical (unpaired) electrons. The molecule has 0 aliphatic heterocycles. The first-order chi connectivity index (χ1) is 8.50. The summed E-state index contributed by atoms with van der Waals surface area (Å²) in [6.07, 6.45) is 2.28.